The van der Waals surface area contributed by atoms with Crippen LogP contribution in [0.5, 0.6) is 0 Å². The summed E-state index contributed by atoms with van der Waals surface area (Å²) in [7, 11) is -1.83. The Balaban J connectivity index is 2.29. The highest BCUT2D eigenvalue weighted by Gasteiger charge is 2.32. The van der Waals surface area contributed by atoms with Crippen molar-refractivity contribution in [2.45, 2.75) is 24.7 Å². The fourth-order valence-corrected chi connectivity index (χ4v) is 3.42. The zero-order chi connectivity index (χ0) is 12.6. The molecule has 0 radical (unpaired) electrons. The Hall–Kier alpha value is -1.08. The van der Waals surface area contributed by atoms with Crippen molar-refractivity contribution in [3.05, 3.63) is 6.20 Å². The first-order chi connectivity index (χ1) is 7.95. The van der Waals surface area contributed by atoms with E-state index in [0.29, 0.717) is 19.0 Å². The number of hydrogen-bond acceptors (Lipinski definition) is 4. The molecular formula is C10H18N4O2S. The molecule has 0 aliphatic heterocycles. The molecule has 0 amide bonds. The molecule has 0 saturated heterocycles. The van der Waals surface area contributed by atoms with Crippen LogP contribution in [0, 0.1) is 5.92 Å². The van der Waals surface area contributed by atoms with Gasteiger partial charge in [0.15, 0.2) is 5.82 Å². The van der Waals surface area contributed by atoms with Gasteiger partial charge in [0.1, 0.15) is 4.90 Å². The summed E-state index contributed by atoms with van der Waals surface area (Å²) < 4.78 is 27.6. The number of hydrogen-bond donors (Lipinski definition) is 1. The maximum atomic E-state index is 12.4. The van der Waals surface area contributed by atoms with Crippen molar-refractivity contribution >= 4 is 15.8 Å². The topological polar surface area (TPSA) is 81.2 Å². The van der Waals surface area contributed by atoms with Crippen molar-refractivity contribution in [3.63, 3.8) is 0 Å². The molecule has 0 unspecified atom stereocenters. The third-order valence-electron chi connectivity index (χ3n) is 2.95. The summed E-state index contributed by atoms with van der Waals surface area (Å²) in [5.74, 6) is 0.587. The van der Waals surface area contributed by atoms with Gasteiger partial charge in [-0.15, -0.1) is 0 Å². The van der Waals surface area contributed by atoms with Crippen molar-refractivity contribution in [1.29, 1.82) is 0 Å². The number of aromatic nitrogens is 2. The minimum Gasteiger partial charge on any atom is -0.381 e. The van der Waals surface area contributed by atoms with E-state index in [4.69, 9.17) is 5.73 Å². The molecule has 1 aliphatic carbocycles. The Morgan fingerprint density at radius 1 is 1.59 bits per heavy atom. The monoisotopic (exact) mass is 258 g/mol. The Labute approximate surface area is 101 Å². The highest BCUT2D eigenvalue weighted by atomic mass is 32.2. The fraction of sp³-hybridized carbons (Fsp3) is 0.700. The van der Waals surface area contributed by atoms with Crippen molar-refractivity contribution in [2.24, 2.45) is 13.0 Å². The summed E-state index contributed by atoms with van der Waals surface area (Å²) in [4.78, 5) is 0.113. The largest absolute Gasteiger partial charge is 0.381 e. The zero-order valence-electron chi connectivity index (χ0n) is 10.1. The summed E-state index contributed by atoms with van der Waals surface area (Å²) >= 11 is 0. The molecular weight excluding hydrogens is 240 g/mol. The molecule has 96 valence electrons. The quantitative estimate of drug-likeness (QED) is 0.830. The summed E-state index contributed by atoms with van der Waals surface area (Å²) in [6.45, 7) is 2.90. The van der Waals surface area contributed by atoms with E-state index >= 15 is 0 Å². The van der Waals surface area contributed by atoms with Crippen LogP contribution in [-0.2, 0) is 17.1 Å². The number of sulfonamides is 1. The van der Waals surface area contributed by atoms with Gasteiger partial charge in [0.25, 0.3) is 0 Å². The zero-order valence-corrected chi connectivity index (χ0v) is 10.9. The summed E-state index contributed by atoms with van der Waals surface area (Å²) in [6, 6.07) is 0. The van der Waals surface area contributed by atoms with E-state index < -0.39 is 10.0 Å². The highest BCUT2D eigenvalue weighted by Crippen LogP contribution is 2.32. The molecule has 1 heterocycles. The van der Waals surface area contributed by atoms with Gasteiger partial charge >= 0.3 is 0 Å². The molecule has 2 N–H and O–H groups in total. The second-order valence-electron chi connectivity index (χ2n) is 4.45. The van der Waals surface area contributed by atoms with Crippen LogP contribution in [0.1, 0.15) is 19.8 Å². The maximum absolute atomic E-state index is 12.4. The molecule has 0 spiro atoms. The molecule has 0 atom stereocenters. The van der Waals surface area contributed by atoms with Gasteiger partial charge in [-0.3, -0.25) is 4.68 Å². The van der Waals surface area contributed by atoms with Gasteiger partial charge in [-0.25, -0.2) is 8.42 Å². The first-order valence-corrected chi connectivity index (χ1v) is 7.18. The van der Waals surface area contributed by atoms with E-state index in [1.54, 1.807) is 7.05 Å². The van der Waals surface area contributed by atoms with Crippen LogP contribution >= 0.6 is 0 Å². The van der Waals surface area contributed by atoms with Crippen molar-refractivity contribution in [1.82, 2.24) is 14.1 Å². The number of nitrogen functional groups attached to an aromatic ring is 1. The van der Waals surface area contributed by atoms with Gasteiger partial charge in [-0.1, -0.05) is 6.92 Å². The molecule has 1 saturated carbocycles. The number of anilines is 1. The molecule has 0 aromatic carbocycles. The van der Waals surface area contributed by atoms with E-state index in [9.17, 15) is 8.42 Å². The fourth-order valence-electron chi connectivity index (χ4n) is 1.81. The number of aryl methyl sites for hydroxylation is 1. The second-order valence-corrected chi connectivity index (χ2v) is 6.36. The van der Waals surface area contributed by atoms with Crippen LogP contribution in [0.15, 0.2) is 11.1 Å². The van der Waals surface area contributed by atoms with E-state index in [2.05, 4.69) is 5.10 Å². The molecule has 17 heavy (non-hydrogen) atoms. The molecule has 7 heteroatoms. The van der Waals surface area contributed by atoms with Crippen LogP contribution in [0.4, 0.5) is 5.82 Å². The van der Waals surface area contributed by atoms with E-state index in [-0.39, 0.29) is 10.7 Å². The van der Waals surface area contributed by atoms with Crippen molar-refractivity contribution in [2.75, 3.05) is 18.8 Å². The van der Waals surface area contributed by atoms with Gasteiger partial charge in [0.05, 0.1) is 0 Å². The van der Waals surface area contributed by atoms with Gasteiger partial charge < -0.3 is 5.73 Å². The SMILES string of the molecule is CCN(CC1CC1)S(=O)(=O)c1cn(C)nc1N. The minimum absolute atomic E-state index is 0.0711. The van der Waals surface area contributed by atoms with Gasteiger partial charge in [0.2, 0.25) is 10.0 Å². The standard InChI is InChI=1S/C10H18N4O2S/c1-3-14(6-8-4-5-8)17(15,16)9-7-13(2)12-10(9)11/h7-8H,3-6H2,1-2H3,(H2,11,12). The highest BCUT2D eigenvalue weighted by molar-refractivity contribution is 7.89. The smallest absolute Gasteiger partial charge is 0.248 e. The predicted octanol–water partition coefficient (Wildman–Crippen LogP) is 0.423. The number of nitrogens with two attached hydrogens (primary N) is 1. The van der Waals surface area contributed by atoms with E-state index in [1.165, 1.54) is 15.2 Å². The lowest BCUT2D eigenvalue weighted by molar-refractivity contribution is 0.412. The van der Waals surface area contributed by atoms with Gasteiger partial charge in [-0.05, 0) is 18.8 Å². The maximum Gasteiger partial charge on any atom is 0.248 e. The van der Waals surface area contributed by atoms with Crippen molar-refractivity contribution < 1.29 is 8.42 Å². The Bertz CT molecular complexity index is 504. The first-order valence-electron chi connectivity index (χ1n) is 5.74. The van der Waals surface area contributed by atoms with Crippen LogP contribution in [-0.4, -0.2) is 35.6 Å². The number of rotatable bonds is 5. The summed E-state index contributed by atoms with van der Waals surface area (Å²) in [5, 5.41) is 3.88. The van der Waals surface area contributed by atoms with E-state index in [1.807, 2.05) is 6.92 Å². The van der Waals surface area contributed by atoms with Gasteiger partial charge in [-0.2, -0.15) is 9.40 Å². The van der Waals surface area contributed by atoms with E-state index in [0.717, 1.165) is 12.8 Å². The lowest BCUT2D eigenvalue weighted by Crippen LogP contribution is -2.33. The van der Waals surface area contributed by atoms with Crippen LogP contribution in [0.2, 0.25) is 0 Å². The third kappa shape index (κ3) is 2.44. The number of nitrogens with zero attached hydrogens (tertiary/aromatic N) is 3. The molecule has 1 aromatic rings. The van der Waals surface area contributed by atoms with Crippen LogP contribution in [0.3, 0.4) is 0 Å². The molecule has 0 bridgehead atoms. The minimum atomic E-state index is -3.49. The molecule has 6 nitrogen and oxygen atoms in total. The Morgan fingerprint density at radius 3 is 2.65 bits per heavy atom. The van der Waals surface area contributed by atoms with Gasteiger partial charge in [0, 0.05) is 26.3 Å². The molecule has 1 fully saturated rings. The second kappa shape index (κ2) is 4.30. The van der Waals surface area contributed by atoms with Crippen molar-refractivity contribution in [3.8, 4) is 0 Å². The predicted molar refractivity (Wildman–Crippen MR) is 64.8 cm³/mol. The average molecular weight is 258 g/mol. The molecule has 2 rings (SSSR count). The Morgan fingerprint density at radius 2 is 2.24 bits per heavy atom. The molecule has 1 aliphatic rings. The average Bonchev–Trinajstić information content (AvgIpc) is 2.99. The first kappa shape index (κ1) is 12.4. The molecule has 1 aromatic heterocycles. The van der Waals surface area contributed by atoms with Crippen LogP contribution in [0.25, 0.3) is 0 Å². The lowest BCUT2D eigenvalue weighted by Gasteiger charge is -2.19. The third-order valence-corrected chi connectivity index (χ3v) is 4.91. The lowest BCUT2D eigenvalue weighted by atomic mass is 10.4. The normalized spacial score (nSPS) is 16.6. The Kier molecular flexibility index (Phi) is 3.13. The summed E-state index contributed by atoms with van der Waals surface area (Å²) in [5.41, 5.74) is 5.63. The van der Waals surface area contributed by atoms with Crippen LogP contribution < -0.4 is 5.73 Å². The summed E-state index contributed by atoms with van der Waals surface area (Å²) in [6.07, 6.45) is 3.70.